The molecule has 3 nitrogen and oxygen atoms in total. The average molecular weight is 174 g/mol. The third kappa shape index (κ3) is 3.49. The molecular weight excluding hydrogens is 160 g/mol. The van der Waals surface area contributed by atoms with E-state index in [9.17, 15) is 4.21 Å². The summed E-state index contributed by atoms with van der Waals surface area (Å²) in [5.74, 6) is 0. The van der Waals surface area contributed by atoms with Crippen LogP contribution in [0.25, 0.3) is 0 Å². The zero-order valence-electron chi connectivity index (χ0n) is 6.91. The lowest BCUT2D eigenvalue weighted by molar-refractivity contribution is 0.663. The van der Waals surface area contributed by atoms with E-state index >= 15 is 0 Å². The molecular formula is C7H14N2OS. The van der Waals surface area contributed by atoms with Gasteiger partial charge in [-0.05, 0) is 19.9 Å². The predicted molar refractivity (Wildman–Crippen MR) is 46.4 cm³/mol. The lowest BCUT2D eigenvalue weighted by atomic mass is 10.3. The summed E-state index contributed by atoms with van der Waals surface area (Å²) in [6.07, 6.45) is 0.721. The van der Waals surface area contributed by atoms with Crippen molar-refractivity contribution in [2.75, 3.05) is 6.54 Å². The minimum atomic E-state index is -1.05. The molecule has 0 amide bonds. The van der Waals surface area contributed by atoms with Crippen molar-refractivity contribution < 1.29 is 4.21 Å². The van der Waals surface area contributed by atoms with E-state index in [1.54, 1.807) is 6.92 Å². The van der Waals surface area contributed by atoms with Crippen molar-refractivity contribution >= 4 is 10.8 Å². The van der Waals surface area contributed by atoms with E-state index in [2.05, 4.69) is 0 Å². The number of nitrogens with zero attached hydrogens (tertiary/aromatic N) is 1. The highest BCUT2D eigenvalue weighted by molar-refractivity contribution is 7.86. The Kier molecular flexibility index (Phi) is 5.08. The zero-order valence-corrected chi connectivity index (χ0v) is 7.73. The standard InChI is InChI=1S/C7H14N2OS/c1-6(3-4-8)11(10)7(2)5-9/h6-7H,3-4,8H2,1-2H3. The van der Waals surface area contributed by atoms with E-state index in [4.69, 9.17) is 11.0 Å². The van der Waals surface area contributed by atoms with Crippen molar-refractivity contribution in [3.8, 4) is 6.07 Å². The number of nitrogens with two attached hydrogens (primary N) is 1. The molecule has 0 saturated heterocycles. The predicted octanol–water partition coefficient (Wildman–Crippen LogP) is 0.384. The van der Waals surface area contributed by atoms with Gasteiger partial charge in [0.2, 0.25) is 0 Å². The van der Waals surface area contributed by atoms with Gasteiger partial charge in [-0.15, -0.1) is 0 Å². The zero-order chi connectivity index (χ0) is 8.85. The maximum atomic E-state index is 11.3. The molecule has 4 heteroatoms. The summed E-state index contributed by atoms with van der Waals surface area (Å²) in [7, 11) is -1.05. The van der Waals surface area contributed by atoms with E-state index in [0.29, 0.717) is 6.54 Å². The monoisotopic (exact) mass is 174 g/mol. The van der Waals surface area contributed by atoms with Gasteiger partial charge in [-0.3, -0.25) is 4.21 Å². The van der Waals surface area contributed by atoms with Crippen molar-refractivity contribution in [3.63, 3.8) is 0 Å². The summed E-state index contributed by atoms with van der Waals surface area (Å²) in [6.45, 7) is 4.06. The molecule has 3 atom stereocenters. The second kappa shape index (κ2) is 5.28. The third-order valence-electron chi connectivity index (χ3n) is 1.50. The number of hydrogen-bond donors (Lipinski definition) is 1. The first-order valence-corrected chi connectivity index (χ1v) is 4.90. The summed E-state index contributed by atoms with van der Waals surface area (Å²) in [6, 6.07) is 1.96. The lowest BCUT2D eigenvalue weighted by Crippen LogP contribution is -2.22. The first-order chi connectivity index (χ1) is 5.13. The van der Waals surface area contributed by atoms with E-state index in [1.807, 2.05) is 13.0 Å². The SMILES string of the molecule is CC(C#N)S(=O)C(C)CCN. The summed E-state index contributed by atoms with van der Waals surface area (Å²) >= 11 is 0. The molecule has 0 saturated carbocycles. The highest BCUT2D eigenvalue weighted by Gasteiger charge is 2.16. The molecule has 0 aromatic rings. The molecule has 0 rings (SSSR count). The Morgan fingerprint density at radius 1 is 1.64 bits per heavy atom. The van der Waals surface area contributed by atoms with Crippen LogP contribution in [0.15, 0.2) is 0 Å². The lowest BCUT2D eigenvalue weighted by Gasteiger charge is -2.10. The highest BCUT2D eigenvalue weighted by Crippen LogP contribution is 2.05. The molecule has 0 aliphatic rings. The Bertz CT molecular complexity index is 176. The van der Waals surface area contributed by atoms with Crippen molar-refractivity contribution in [2.45, 2.75) is 30.8 Å². The van der Waals surface area contributed by atoms with Gasteiger partial charge in [-0.2, -0.15) is 5.26 Å². The van der Waals surface area contributed by atoms with Gasteiger partial charge in [0.1, 0.15) is 5.25 Å². The quantitative estimate of drug-likeness (QED) is 0.670. The maximum Gasteiger partial charge on any atom is 0.119 e. The fraction of sp³-hybridized carbons (Fsp3) is 0.857. The minimum absolute atomic E-state index is 0.0367. The van der Waals surface area contributed by atoms with Crippen LogP contribution < -0.4 is 5.73 Å². The van der Waals surface area contributed by atoms with Gasteiger partial charge in [0.05, 0.1) is 6.07 Å². The summed E-state index contributed by atoms with van der Waals surface area (Å²) in [4.78, 5) is 0. The second-order valence-electron chi connectivity index (χ2n) is 2.49. The molecule has 0 radical (unpaired) electrons. The van der Waals surface area contributed by atoms with Gasteiger partial charge >= 0.3 is 0 Å². The molecule has 0 aliphatic carbocycles. The Hall–Kier alpha value is -0.400. The van der Waals surface area contributed by atoms with Crippen LogP contribution in [0.2, 0.25) is 0 Å². The summed E-state index contributed by atoms with van der Waals surface area (Å²) in [5, 5.41) is 8.11. The van der Waals surface area contributed by atoms with Gasteiger partial charge in [0, 0.05) is 16.0 Å². The summed E-state index contributed by atoms with van der Waals surface area (Å²) < 4.78 is 11.3. The maximum absolute atomic E-state index is 11.3. The molecule has 0 aromatic heterocycles. The van der Waals surface area contributed by atoms with Crippen molar-refractivity contribution in [3.05, 3.63) is 0 Å². The highest BCUT2D eigenvalue weighted by atomic mass is 32.2. The molecule has 0 fully saturated rings. The average Bonchev–Trinajstić information content (AvgIpc) is 2.02. The fourth-order valence-corrected chi connectivity index (χ4v) is 1.92. The fourth-order valence-electron chi connectivity index (χ4n) is 0.751. The Morgan fingerprint density at radius 2 is 2.18 bits per heavy atom. The van der Waals surface area contributed by atoms with E-state index in [1.165, 1.54) is 0 Å². The van der Waals surface area contributed by atoms with Gasteiger partial charge < -0.3 is 5.73 Å². The molecule has 64 valence electrons. The van der Waals surface area contributed by atoms with Crippen molar-refractivity contribution in [1.29, 1.82) is 5.26 Å². The van der Waals surface area contributed by atoms with Crippen LogP contribution >= 0.6 is 0 Å². The molecule has 0 aliphatic heterocycles. The van der Waals surface area contributed by atoms with Gasteiger partial charge in [-0.25, -0.2) is 0 Å². The van der Waals surface area contributed by atoms with E-state index in [0.717, 1.165) is 6.42 Å². The molecule has 11 heavy (non-hydrogen) atoms. The van der Waals surface area contributed by atoms with Crippen LogP contribution in [0.4, 0.5) is 0 Å². The Labute approximate surface area is 70.0 Å². The van der Waals surface area contributed by atoms with Gasteiger partial charge in [-0.1, -0.05) is 6.92 Å². The Balaban J connectivity index is 3.94. The van der Waals surface area contributed by atoms with Crippen LogP contribution in [-0.4, -0.2) is 21.3 Å². The van der Waals surface area contributed by atoms with Crippen LogP contribution in [0.3, 0.4) is 0 Å². The number of rotatable bonds is 4. The van der Waals surface area contributed by atoms with Crippen molar-refractivity contribution in [1.82, 2.24) is 0 Å². The molecule has 2 N–H and O–H groups in total. The van der Waals surface area contributed by atoms with E-state index in [-0.39, 0.29) is 10.5 Å². The molecule has 3 unspecified atom stereocenters. The largest absolute Gasteiger partial charge is 0.330 e. The third-order valence-corrected chi connectivity index (χ3v) is 3.33. The van der Waals surface area contributed by atoms with E-state index < -0.39 is 10.8 Å². The normalized spacial score (nSPS) is 18.4. The first kappa shape index (κ1) is 10.6. The number of nitriles is 1. The smallest absolute Gasteiger partial charge is 0.119 e. The first-order valence-electron chi connectivity index (χ1n) is 3.62. The second-order valence-corrected chi connectivity index (χ2v) is 4.66. The van der Waals surface area contributed by atoms with Crippen LogP contribution in [0.5, 0.6) is 0 Å². The molecule has 0 aromatic carbocycles. The van der Waals surface area contributed by atoms with Gasteiger partial charge in [0.15, 0.2) is 0 Å². The molecule has 0 bridgehead atoms. The van der Waals surface area contributed by atoms with Gasteiger partial charge in [0.25, 0.3) is 0 Å². The summed E-state index contributed by atoms with van der Waals surface area (Å²) in [5.41, 5.74) is 5.29. The van der Waals surface area contributed by atoms with Crippen LogP contribution in [-0.2, 0) is 10.8 Å². The topological polar surface area (TPSA) is 66.9 Å². The molecule has 0 heterocycles. The number of hydrogen-bond acceptors (Lipinski definition) is 3. The van der Waals surface area contributed by atoms with Crippen molar-refractivity contribution in [2.24, 2.45) is 5.73 Å². The minimum Gasteiger partial charge on any atom is -0.330 e. The Morgan fingerprint density at radius 3 is 2.55 bits per heavy atom. The van der Waals surface area contributed by atoms with Crippen LogP contribution in [0, 0.1) is 11.3 Å². The van der Waals surface area contributed by atoms with Crippen LogP contribution in [0.1, 0.15) is 20.3 Å². The molecule has 0 spiro atoms.